The van der Waals surface area contributed by atoms with Crippen molar-refractivity contribution in [1.82, 2.24) is 4.98 Å². The lowest BCUT2D eigenvalue weighted by Gasteiger charge is -1.93. The van der Waals surface area contributed by atoms with E-state index in [4.69, 9.17) is 0 Å². The molecule has 0 aromatic carbocycles. The van der Waals surface area contributed by atoms with Crippen molar-refractivity contribution in [1.29, 1.82) is 0 Å². The molecule has 1 rings (SSSR count). The molecule has 0 aliphatic carbocycles. The lowest BCUT2D eigenvalue weighted by Crippen LogP contribution is -1.78. The van der Waals surface area contributed by atoms with Crippen LogP contribution in [0.2, 0.25) is 0 Å². The molecule has 0 saturated carbocycles. The largest absolute Gasteiger partial charge is 0.249 e. The van der Waals surface area contributed by atoms with Crippen molar-refractivity contribution >= 4 is 54.5 Å². The van der Waals surface area contributed by atoms with Crippen molar-refractivity contribution in [2.75, 3.05) is 0 Å². The number of halogens is 3. The quantitative estimate of drug-likeness (QED) is 0.510. The van der Waals surface area contributed by atoms with Gasteiger partial charge in [-0.1, -0.05) is 0 Å². The first-order chi connectivity index (χ1) is 4.20. The van der Waals surface area contributed by atoms with Crippen molar-refractivity contribution in [3.63, 3.8) is 0 Å². The van der Waals surface area contributed by atoms with Gasteiger partial charge in [0.2, 0.25) is 0 Å². The average Bonchev–Trinajstić information content (AvgIpc) is 1.80. The first-order valence-electron chi connectivity index (χ1n) is 2.16. The summed E-state index contributed by atoms with van der Waals surface area (Å²) in [4.78, 5) is 4.05. The zero-order valence-corrected chi connectivity index (χ0v) is 9.57. The smallest absolute Gasteiger partial charge is 0.102 e. The van der Waals surface area contributed by atoms with Gasteiger partial charge in [-0.3, -0.25) is 0 Å². The highest BCUT2D eigenvalue weighted by molar-refractivity contribution is 14.1. The third-order valence-corrected chi connectivity index (χ3v) is 3.19. The Morgan fingerprint density at radius 1 is 1.33 bits per heavy atom. The molecule has 1 aromatic heterocycles. The average molecular weight is 363 g/mol. The molecule has 1 aromatic rings. The number of pyridine rings is 1. The SMILES string of the molecule is Brc1cnc(I)cc1Br. The van der Waals surface area contributed by atoms with Gasteiger partial charge in [0.1, 0.15) is 3.70 Å². The van der Waals surface area contributed by atoms with Crippen LogP contribution in [0, 0.1) is 3.70 Å². The predicted octanol–water partition coefficient (Wildman–Crippen LogP) is 3.21. The summed E-state index contributed by atoms with van der Waals surface area (Å²) in [6.07, 6.45) is 1.77. The lowest BCUT2D eigenvalue weighted by atomic mass is 10.5. The second kappa shape index (κ2) is 3.30. The first kappa shape index (κ1) is 7.94. The molecule has 48 valence electrons. The summed E-state index contributed by atoms with van der Waals surface area (Å²) in [5.74, 6) is 0. The summed E-state index contributed by atoms with van der Waals surface area (Å²) in [5, 5.41) is 0. The lowest BCUT2D eigenvalue weighted by molar-refractivity contribution is 1.24. The standard InChI is InChI=1S/C5H2Br2IN/c6-3-1-5(8)9-2-4(3)7/h1-2H. The number of aromatic nitrogens is 1. The van der Waals surface area contributed by atoms with Gasteiger partial charge in [-0.25, -0.2) is 4.98 Å². The summed E-state index contributed by atoms with van der Waals surface area (Å²) >= 11 is 8.83. The van der Waals surface area contributed by atoms with E-state index < -0.39 is 0 Å². The fourth-order valence-corrected chi connectivity index (χ4v) is 1.81. The van der Waals surface area contributed by atoms with Gasteiger partial charge < -0.3 is 0 Å². The van der Waals surface area contributed by atoms with Crippen LogP contribution in [0.1, 0.15) is 0 Å². The number of nitrogens with zero attached hydrogens (tertiary/aromatic N) is 1. The van der Waals surface area contributed by atoms with E-state index in [-0.39, 0.29) is 0 Å². The highest BCUT2D eigenvalue weighted by Crippen LogP contribution is 2.22. The molecule has 1 nitrogen and oxygen atoms in total. The third kappa shape index (κ3) is 2.16. The van der Waals surface area contributed by atoms with E-state index in [1.807, 2.05) is 6.07 Å². The summed E-state index contributed by atoms with van der Waals surface area (Å²) in [6, 6.07) is 1.95. The van der Waals surface area contributed by atoms with Gasteiger partial charge in [0, 0.05) is 10.7 Å². The van der Waals surface area contributed by atoms with Crippen molar-refractivity contribution in [3.05, 3.63) is 24.9 Å². The molecule has 0 spiro atoms. The number of rotatable bonds is 0. The summed E-state index contributed by atoms with van der Waals surface area (Å²) in [6.45, 7) is 0. The van der Waals surface area contributed by atoms with Gasteiger partial charge >= 0.3 is 0 Å². The first-order valence-corrected chi connectivity index (χ1v) is 4.83. The number of hydrogen-bond donors (Lipinski definition) is 0. The Labute approximate surface area is 83.6 Å². The molecule has 0 amide bonds. The Morgan fingerprint density at radius 3 is 2.44 bits per heavy atom. The molecule has 9 heavy (non-hydrogen) atoms. The van der Waals surface area contributed by atoms with E-state index in [2.05, 4.69) is 59.4 Å². The molecular weight excluding hydrogens is 361 g/mol. The molecule has 0 radical (unpaired) electrons. The van der Waals surface area contributed by atoms with Crippen LogP contribution in [0.4, 0.5) is 0 Å². The molecular formula is C5H2Br2IN. The summed E-state index contributed by atoms with van der Waals surface area (Å²) < 4.78 is 3.02. The van der Waals surface area contributed by atoms with Crippen LogP contribution in [-0.2, 0) is 0 Å². The van der Waals surface area contributed by atoms with Gasteiger partial charge in [0.25, 0.3) is 0 Å². The van der Waals surface area contributed by atoms with Crippen LogP contribution in [0.15, 0.2) is 21.2 Å². The maximum Gasteiger partial charge on any atom is 0.102 e. The van der Waals surface area contributed by atoms with Crippen LogP contribution in [-0.4, -0.2) is 4.98 Å². The Hall–Kier alpha value is 0.840. The Bertz CT molecular complexity index is 226. The molecule has 0 atom stereocenters. The normalized spacial score (nSPS) is 9.67. The van der Waals surface area contributed by atoms with Gasteiger partial charge in [-0.2, -0.15) is 0 Å². The zero-order valence-electron chi connectivity index (χ0n) is 4.24. The van der Waals surface area contributed by atoms with E-state index in [0.29, 0.717) is 0 Å². The van der Waals surface area contributed by atoms with Gasteiger partial charge in [0.05, 0.1) is 4.47 Å². The summed E-state index contributed by atoms with van der Waals surface area (Å²) in [5.41, 5.74) is 0. The monoisotopic (exact) mass is 361 g/mol. The Morgan fingerprint density at radius 2 is 2.00 bits per heavy atom. The molecule has 0 aliphatic rings. The maximum absolute atomic E-state index is 4.05. The van der Waals surface area contributed by atoms with E-state index in [0.717, 1.165) is 12.6 Å². The molecule has 0 aliphatic heterocycles. The van der Waals surface area contributed by atoms with Crippen LogP contribution in [0.3, 0.4) is 0 Å². The maximum atomic E-state index is 4.05. The predicted molar refractivity (Wildman–Crippen MR) is 52.4 cm³/mol. The van der Waals surface area contributed by atoms with E-state index in [9.17, 15) is 0 Å². The highest BCUT2D eigenvalue weighted by Gasteiger charge is 1.95. The van der Waals surface area contributed by atoms with E-state index in [1.54, 1.807) is 6.20 Å². The Balaban J connectivity index is 3.17. The van der Waals surface area contributed by atoms with Gasteiger partial charge in [-0.05, 0) is 60.5 Å². The molecule has 4 heteroatoms. The highest BCUT2D eigenvalue weighted by atomic mass is 127. The molecule has 0 saturated heterocycles. The van der Waals surface area contributed by atoms with E-state index >= 15 is 0 Å². The van der Waals surface area contributed by atoms with Crippen LogP contribution >= 0.6 is 54.5 Å². The number of hydrogen-bond acceptors (Lipinski definition) is 1. The third-order valence-electron chi connectivity index (χ3n) is 0.775. The fraction of sp³-hybridized carbons (Fsp3) is 0. The van der Waals surface area contributed by atoms with Crippen LogP contribution < -0.4 is 0 Å². The van der Waals surface area contributed by atoms with Crippen molar-refractivity contribution in [2.24, 2.45) is 0 Å². The molecule has 0 bridgehead atoms. The van der Waals surface area contributed by atoms with E-state index in [1.165, 1.54) is 0 Å². The Kier molecular flexibility index (Phi) is 2.91. The second-order valence-corrected chi connectivity index (χ2v) is 4.24. The minimum absolute atomic E-state index is 0.989. The topological polar surface area (TPSA) is 12.9 Å². The minimum Gasteiger partial charge on any atom is -0.249 e. The minimum atomic E-state index is 0.989. The zero-order chi connectivity index (χ0) is 6.85. The second-order valence-electron chi connectivity index (χ2n) is 1.42. The molecule has 0 fully saturated rings. The van der Waals surface area contributed by atoms with Gasteiger partial charge in [0.15, 0.2) is 0 Å². The van der Waals surface area contributed by atoms with Crippen LogP contribution in [0.5, 0.6) is 0 Å². The summed E-state index contributed by atoms with van der Waals surface area (Å²) in [7, 11) is 0. The molecule has 1 heterocycles. The molecule has 0 unspecified atom stereocenters. The fourth-order valence-electron chi connectivity index (χ4n) is 0.391. The van der Waals surface area contributed by atoms with Gasteiger partial charge in [-0.15, -0.1) is 0 Å². The van der Waals surface area contributed by atoms with Crippen LogP contribution in [0.25, 0.3) is 0 Å². The van der Waals surface area contributed by atoms with Crippen molar-refractivity contribution < 1.29 is 0 Å². The van der Waals surface area contributed by atoms with Crippen molar-refractivity contribution in [3.8, 4) is 0 Å². The van der Waals surface area contributed by atoms with Crippen molar-refractivity contribution in [2.45, 2.75) is 0 Å². The molecule has 0 N–H and O–H groups in total.